The van der Waals surface area contributed by atoms with Crippen LogP contribution in [0.2, 0.25) is 0 Å². The number of aliphatic hydroxyl groups is 1. The summed E-state index contributed by atoms with van der Waals surface area (Å²) in [5.41, 5.74) is 2.94. The largest absolute Gasteiger partial charge is 0.396 e. The zero-order valence-corrected chi connectivity index (χ0v) is 15.0. The Hall–Kier alpha value is -0.510. The van der Waals surface area contributed by atoms with Crippen LogP contribution in [0.3, 0.4) is 0 Å². The van der Waals surface area contributed by atoms with Gasteiger partial charge in [0.25, 0.3) is 0 Å². The van der Waals surface area contributed by atoms with Crippen molar-refractivity contribution >= 4 is 11.8 Å². The Morgan fingerprint density at radius 1 is 1.14 bits per heavy atom. The van der Waals surface area contributed by atoms with Gasteiger partial charge in [0.2, 0.25) is 0 Å². The van der Waals surface area contributed by atoms with E-state index in [9.17, 15) is 0 Å². The van der Waals surface area contributed by atoms with Gasteiger partial charge in [0.1, 0.15) is 0 Å². The monoisotopic (exact) mass is 309 g/mol. The van der Waals surface area contributed by atoms with Gasteiger partial charge in [-0.25, -0.2) is 0 Å². The standard InChI is InChI=1S/C18H31NOS/c1-6-19-17(13-21-12-14(2)11-20)15-7-9-16(10-8-15)18(3,4)5/h7-10,14,17,19-20H,6,11-13H2,1-5H3. The molecule has 1 aromatic carbocycles. The van der Waals surface area contributed by atoms with Gasteiger partial charge in [0.15, 0.2) is 0 Å². The molecule has 0 amide bonds. The normalized spacial score (nSPS) is 15.0. The molecule has 0 radical (unpaired) electrons. The van der Waals surface area contributed by atoms with Crippen molar-refractivity contribution in [2.75, 3.05) is 24.7 Å². The molecule has 3 heteroatoms. The van der Waals surface area contributed by atoms with Crippen molar-refractivity contribution in [3.63, 3.8) is 0 Å². The number of benzene rings is 1. The second-order valence-electron chi connectivity index (χ2n) is 6.81. The molecule has 0 bridgehead atoms. The van der Waals surface area contributed by atoms with Gasteiger partial charge in [-0.1, -0.05) is 58.9 Å². The highest BCUT2D eigenvalue weighted by Crippen LogP contribution is 2.25. The van der Waals surface area contributed by atoms with E-state index < -0.39 is 0 Å². The van der Waals surface area contributed by atoms with Crippen LogP contribution in [0.5, 0.6) is 0 Å². The van der Waals surface area contributed by atoms with Crippen LogP contribution in [0.1, 0.15) is 51.8 Å². The Morgan fingerprint density at radius 3 is 2.24 bits per heavy atom. The lowest BCUT2D eigenvalue weighted by molar-refractivity contribution is 0.250. The third-order valence-electron chi connectivity index (χ3n) is 3.63. The van der Waals surface area contributed by atoms with Gasteiger partial charge < -0.3 is 10.4 Å². The highest BCUT2D eigenvalue weighted by Gasteiger charge is 2.15. The predicted molar refractivity (Wildman–Crippen MR) is 95.1 cm³/mol. The van der Waals surface area contributed by atoms with Crippen molar-refractivity contribution in [1.82, 2.24) is 5.32 Å². The maximum absolute atomic E-state index is 9.10. The molecule has 21 heavy (non-hydrogen) atoms. The van der Waals surface area contributed by atoms with Crippen molar-refractivity contribution in [3.8, 4) is 0 Å². The van der Waals surface area contributed by atoms with E-state index in [0.29, 0.717) is 12.0 Å². The molecule has 0 heterocycles. The summed E-state index contributed by atoms with van der Waals surface area (Å²) in [6, 6.07) is 9.40. The van der Waals surface area contributed by atoms with Gasteiger partial charge in [-0.2, -0.15) is 11.8 Å². The molecule has 0 aliphatic heterocycles. The molecule has 0 spiro atoms. The number of thioether (sulfide) groups is 1. The maximum Gasteiger partial charge on any atom is 0.0464 e. The highest BCUT2D eigenvalue weighted by atomic mass is 32.2. The number of aliphatic hydroxyl groups excluding tert-OH is 1. The van der Waals surface area contributed by atoms with E-state index in [2.05, 4.69) is 64.2 Å². The molecular formula is C18H31NOS. The van der Waals surface area contributed by atoms with Crippen molar-refractivity contribution < 1.29 is 5.11 Å². The van der Waals surface area contributed by atoms with E-state index in [-0.39, 0.29) is 12.0 Å². The van der Waals surface area contributed by atoms with E-state index in [0.717, 1.165) is 18.1 Å². The Bertz CT molecular complexity index is 397. The van der Waals surface area contributed by atoms with Gasteiger partial charge >= 0.3 is 0 Å². The molecule has 0 fully saturated rings. The predicted octanol–water partition coefficient (Wildman–Crippen LogP) is 4.00. The minimum atomic E-state index is 0.206. The van der Waals surface area contributed by atoms with E-state index >= 15 is 0 Å². The van der Waals surface area contributed by atoms with E-state index in [1.54, 1.807) is 0 Å². The maximum atomic E-state index is 9.10. The van der Waals surface area contributed by atoms with Crippen LogP contribution in [0.15, 0.2) is 24.3 Å². The average molecular weight is 310 g/mol. The minimum absolute atomic E-state index is 0.206. The molecule has 2 unspecified atom stereocenters. The van der Waals surface area contributed by atoms with Crippen molar-refractivity contribution in [3.05, 3.63) is 35.4 Å². The molecule has 1 aromatic rings. The third kappa shape index (κ3) is 6.41. The molecular weight excluding hydrogens is 278 g/mol. The lowest BCUT2D eigenvalue weighted by Crippen LogP contribution is -2.23. The second-order valence-corrected chi connectivity index (χ2v) is 7.88. The van der Waals surface area contributed by atoms with Crippen LogP contribution in [-0.2, 0) is 5.41 Å². The first-order chi connectivity index (χ1) is 9.88. The summed E-state index contributed by atoms with van der Waals surface area (Å²) < 4.78 is 0. The lowest BCUT2D eigenvalue weighted by atomic mass is 9.86. The molecule has 0 saturated heterocycles. The number of hydrogen-bond donors (Lipinski definition) is 2. The van der Waals surface area contributed by atoms with Crippen LogP contribution in [-0.4, -0.2) is 29.8 Å². The van der Waals surface area contributed by atoms with Crippen molar-refractivity contribution in [1.29, 1.82) is 0 Å². The lowest BCUT2D eigenvalue weighted by Gasteiger charge is -2.22. The van der Waals surface area contributed by atoms with Gasteiger partial charge in [-0.3, -0.25) is 0 Å². The number of rotatable bonds is 8. The minimum Gasteiger partial charge on any atom is -0.396 e. The first-order valence-corrected chi connectivity index (χ1v) is 9.06. The highest BCUT2D eigenvalue weighted by molar-refractivity contribution is 7.99. The topological polar surface area (TPSA) is 32.3 Å². The molecule has 0 saturated carbocycles. The quantitative estimate of drug-likeness (QED) is 0.761. The average Bonchev–Trinajstić information content (AvgIpc) is 2.45. The van der Waals surface area contributed by atoms with Gasteiger partial charge in [0.05, 0.1) is 0 Å². The summed E-state index contributed by atoms with van der Waals surface area (Å²) in [5, 5.41) is 12.7. The second kappa shape index (κ2) is 8.82. The summed E-state index contributed by atoms with van der Waals surface area (Å²) in [7, 11) is 0. The zero-order valence-electron chi connectivity index (χ0n) is 14.1. The molecule has 1 rings (SSSR count). The van der Waals surface area contributed by atoms with Crippen molar-refractivity contribution in [2.45, 2.75) is 46.1 Å². The van der Waals surface area contributed by atoms with E-state index in [4.69, 9.17) is 5.11 Å². The molecule has 2 nitrogen and oxygen atoms in total. The first-order valence-electron chi connectivity index (χ1n) is 7.91. The van der Waals surface area contributed by atoms with Crippen LogP contribution in [0, 0.1) is 5.92 Å². The summed E-state index contributed by atoms with van der Waals surface area (Å²) in [4.78, 5) is 0. The van der Waals surface area contributed by atoms with E-state index in [1.807, 2.05) is 11.8 Å². The molecule has 2 N–H and O–H groups in total. The molecule has 0 aliphatic carbocycles. The molecule has 120 valence electrons. The smallest absolute Gasteiger partial charge is 0.0464 e. The van der Waals surface area contributed by atoms with E-state index in [1.165, 1.54) is 11.1 Å². The Labute approximate surface area is 134 Å². The SMILES string of the molecule is CCNC(CSCC(C)CO)c1ccc(C(C)(C)C)cc1. The summed E-state index contributed by atoms with van der Waals surface area (Å²) >= 11 is 1.92. The fourth-order valence-electron chi connectivity index (χ4n) is 2.17. The van der Waals surface area contributed by atoms with Crippen LogP contribution < -0.4 is 5.32 Å². The van der Waals surface area contributed by atoms with Gasteiger partial charge in [-0.05, 0) is 34.8 Å². The summed E-state index contributed by atoms with van der Waals surface area (Å²) in [6.45, 7) is 12.2. The van der Waals surface area contributed by atoms with Gasteiger partial charge in [0, 0.05) is 18.4 Å². The van der Waals surface area contributed by atoms with Gasteiger partial charge in [-0.15, -0.1) is 0 Å². The van der Waals surface area contributed by atoms with Crippen LogP contribution in [0.25, 0.3) is 0 Å². The van der Waals surface area contributed by atoms with Crippen molar-refractivity contribution in [2.24, 2.45) is 5.92 Å². The molecule has 0 aromatic heterocycles. The fourth-order valence-corrected chi connectivity index (χ4v) is 3.36. The Morgan fingerprint density at radius 2 is 1.76 bits per heavy atom. The molecule has 0 aliphatic rings. The fraction of sp³-hybridized carbons (Fsp3) is 0.667. The van der Waals surface area contributed by atoms with Crippen LogP contribution >= 0.6 is 11.8 Å². The summed E-state index contributed by atoms with van der Waals surface area (Å²) in [5.74, 6) is 2.44. The first kappa shape index (κ1) is 18.5. The zero-order chi connectivity index (χ0) is 15.9. The summed E-state index contributed by atoms with van der Waals surface area (Å²) in [6.07, 6.45) is 0. The Kier molecular flexibility index (Phi) is 7.78. The Balaban J connectivity index is 2.67. The molecule has 2 atom stereocenters. The van der Waals surface area contributed by atoms with Crippen LogP contribution in [0.4, 0.5) is 0 Å². The third-order valence-corrected chi connectivity index (χ3v) is 5.00. The number of nitrogens with one attached hydrogen (secondary N) is 1. The number of hydrogen-bond acceptors (Lipinski definition) is 3.